The number of rotatable bonds is 9. The Morgan fingerprint density at radius 3 is 2.26 bits per heavy atom. The molecular weight excluding hydrogens is 432 g/mol. The molecule has 0 unspecified atom stereocenters. The van der Waals surface area contributed by atoms with Crippen LogP contribution in [0.25, 0.3) is 11.1 Å². The molecule has 0 spiro atoms. The van der Waals surface area contributed by atoms with Crippen molar-refractivity contribution in [3.8, 4) is 5.75 Å². The smallest absolute Gasteiger partial charge is 0.115 e. The summed E-state index contributed by atoms with van der Waals surface area (Å²) in [6.07, 6.45) is 5.25. The molecular formula is C31H36N2O2. The highest BCUT2D eigenvalue weighted by molar-refractivity contribution is 5.99. The molecule has 0 saturated carbocycles. The van der Waals surface area contributed by atoms with Gasteiger partial charge in [-0.25, -0.2) is 0 Å². The molecule has 2 heterocycles. The Morgan fingerprint density at radius 1 is 0.771 bits per heavy atom. The van der Waals surface area contributed by atoms with Crippen molar-refractivity contribution in [2.75, 3.05) is 44.2 Å². The molecule has 1 saturated heterocycles. The number of phenolic OH excluding ortho intramolecular Hbond substituents is 1. The standard InChI is InChI=1S/C31H36N2O2/c34-22-6-9-29(24-7-2-1-3-8-24)31(25-10-13-28(35)14-11-25)27-12-15-30-26(23-27)16-19-33(30)21-20-32-17-4-5-18-32/h1-3,7-8,10-15,23,34-35H,4-6,9,16-22H2. The molecule has 182 valence electrons. The summed E-state index contributed by atoms with van der Waals surface area (Å²) in [4.78, 5) is 5.14. The third kappa shape index (κ3) is 5.44. The molecule has 5 rings (SSSR count). The topological polar surface area (TPSA) is 46.9 Å². The van der Waals surface area contributed by atoms with Gasteiger partial charge < -0.3 is 20.0 Å². The van der Waals surface area contributed by atoms with Gasteiger partial charge in [0.05, 0.1) is 0 Å². The van der Waals surface area contributed by atoms with Gasteiger partial charge in [0.15, 0.2) is 0 Å². The normalized spacial score (nSPS) is 16.4. The molecule has 0 atom stereocenters. The molecule has 0 amide bonds. The summed E-state index contributed by atoms with van der Waals surface area (Å²) in [5.74, 6) is 0.271. The van der Waals surface area contributed by atoms with E-state index < -0.39 is 0 Å². The summed E-state index contributed by atoms with van der Waals surface area (Å²) in [6.45, 7) is 5.99. The number of phenols is 1. The van der Waals surface area contributed by atoms with Crippen LogP contribution in [-0.2, 0) is 6.42 Å². The quantitative estimate of drug-likeness (QED) is 0.403. The number of allylic oxidation sites excluding steroid dienone is 1. The fourth-order valence-electron chi connectivity index (χ4n) is 5.58. The minimum absolute atomic E-state index is 0.162. The van der Waals surface area contributed by atoms with Crippen molar-refractivity contribution < 1.29 is 10.2 Å². The van der Waals surface area contributed by atoms with Gasteiger partial charge >= 0.3 is 0 Å². The molecule has 4 nitrogen and oxygen atoms in total. The second-order valence-electron chi connectivity index (χ2n) is 9.72. The van der Waals surface area contributed by atoms with E-state index in [1.807, 2.05) is 18.2 Å². The van der Waals surface area contributed by atoms with E-state index in [9.17, 15) is 10.2 Å². The molecule has 2 aliphatic heterocycles. The van der Waals surface area contributed by atoms with Crippen molar-refractivity contribution in [3.05, 3.63) is 95.1 Å². The van der Waals surface area contributed by atoms with Crippen LogP contribution in [0.15, 0.2) is 72.8 Å². The van der Waals surface area contributed by atoms with E-state index in [4.69, 9.17) is 0 Å². The number of aliphatic hydroxyl groups is 1. The minimum atomic E-state index is 0.162. The lowest BCUT2D eigenvalue weighted by atomic mass is 9.86. The van der Waals surface area contributed by atoms with Crippen molar-refractivity contribution in [2.24, 2.45) is 0 Å². The number of likely N-dealkylation sites (tertiary alicyclic amines) is 1. The van der Waals surface area contributed by atoms with Gasteiger partial charge in [-0.15, -0.1) is 0 Å². The van der Waals surface area contributed by atoms with Crippen LogP contribution < -0.4 is 4.90 Å². The SMILES string of the molecule is OCCCC(=C(c1ccc(O)cc1)c1ccc2c(c1)CCN2CCN1CCCC1)c1ccccc1. The van der Waals surface area contributed by atoms with E-state index in [0.29, 0.717) is 6.42 Å². The Labute approximate surface area is 209 Å². The van der Waals surface area contributed by atoms with E-state index in [-0.39, 0.29) is 12.4 Å². The van der Waals surface area contributed by atoms with Crippen LogP contribution in [-0.4, -0.2) is 54.4 Å². The third-order valence-corrected chi connectivity index (χ3v) is 7.41. The van der Waals surface area contributed by atoms with Crippen LogP contribution >= 0.6 is 0 Å². The van der Waals surface area contributed by atoms with Crippen LogP contribution in [0.2, 0.25) is 0 Å². The zero-order chi connectivity index (χ0) is 24.0. The number of aromatic hydroxyl groups is 1. The first-order chi connectivity index (χ1) is 17.2. The maximum atomic E-state index is 9.93. The van der Waals surface area contributed by atoms with Gasteiger partial charge in [-0.2, -0.15) is 0 Å². The van der Waals surface area contributed by atoms with Gasteiger partial charge in [-0.1, -0.05) is 48.5 Å². The lowest BCUT2D eigenvalue weighted by molar-refractivity contribution is 0.290. The highest BCUT2D eigenvalue weighted by Gasteiger charge is 2.22. The largest absolute Gasteiger partial charge is 0.508 e. The number of anilines is 1. The first kappa shape index (κ1) is 23.7. The van der Waals surface area contributed by atoms with Crippen molar-refractivity contribution in [3.63, 3.8) is 0 Å². The van der Waals surface area contributed by atoms with Gasteiger partial charge in [0.25, 0.3) is 0 Å². The van der Waals surface area contributed by atoms with Gasteiger partial charge in [0.2, 0.25) is 0 Å². The molecule has 0 aliphatic carbocycles. The number of hydrogen-bond acceptors (Lipinski definition) is 4. The van der Waals surface area contributed by atoms with E-state index in [0.717, 1.165) is 38.0 Å². The van der Waals surface area contributed by atoms with Gasteiger partial charge in [-0.3, -0.25) is 0 Å². The van der Waals surface area contributed by atoms with E-state index in [1.165, 1.54) is 59.5 Å². The molecule has 0 radical (unpaired) electrons. The Hall–Kier alpha value is -3.08. The predicted molar refractivity (Wildman–Crippen MR) is 145 cm³/mol. The molecule has 1 fully saturated rings. The molecule has 3 aromatic carbocycles. The van der Waals surface area contributed by atoms with E-state index in [1.54, 1.807) is 12.1 Å². The zero-order valence-electron chi connectivity index (χ0n) is 20.5. The number of fused-ring (bicyclic) bond motifs is 1. The number of hydrogen-bond donors (Lipinski definition) is 2. The summed E-state index contributed by atoms with van der Waals surface area (Å²) < 4.78 is 0. The monoisotopic (exact) mass is 468 g/mol. The van der Waals surface area contributed by atoms with Crippen molar-refractivity contribution in [1.82, 2.24) is 4.90 Å². The summed E-state index contributed by atoms with van der Waals surface area (Å²) in [5.41, 5.74) is 8.66. The van der Waals surface area contributed by atoms with Gasteiger partial charge in [-0.05, 0) is 103 Å². The molecule has 2 N–H and O–H groups in total. The van der Waals surface area contributed by atoms with Crippen LogP contribution in [0, 0.1) is 0 Å². The molecule has 0 aromatic heterocycles. The molecule has 35 heavy (non-hydrogen) atoms. The maximum Gasteiger partial charge on any atom is 0.115 e. The maximum absolute atomic E-state index is 9.93. The first-order valence-electron chi connectivity index (χ1n) is 13.0. The van der Waals surface area contributed by atoms with Crippen molar-refractivity contribution in [2.45, 2.75) is 32.1 Å². The highest BCUT2D eigenvalue weighted by Crippen LogP contribution is 2.38. The first-order valence-corrected chi connectivity index (χ1v) is 13.0. The molecule has 4 heteroatoms. The summed E-state index contributed by atoms with van der Waals surface area (Å²) in [7, 11) is 0. The lowest BCUT2D eigenvalue weighted by Crippen LogP contribution is -2.32. The lowest BCUT2D eigenvalue weighted by Gasteiger charge is -2.24. The fourth-order valence-corrected chi connectivity index (χ4v) is 5.58. The highest BCUT2D eigenvalue weighted by atomic mass is 16.3. The van der Waals surface area contributed by atoms with Crippen LogP contribution in [0.1, 0.15) is 47.9 Å². The molecule has 3 aromatic rings. The summed E-state index contributed by atoms with van der Waals surface area (Å²) >= 11 is 0. The van der Waals surface area contributed by atoms with Crippen LogP contribution in [0.3, 0.4) is 0 Å². The Morgan fingerprint density at radius 2 is 1.51 bits per heavy atom. The summed E-state index contributed by atoms with van der Waals surface area (Å²) in [5, 5.41) is 19.6. The predicted octanol–water partition coefficient (Wildman–Crippen LogP) is 5.58. The van der Waals surface area contributed by atoms with Crippen LogP contribution in [0.5, 0.6) is 5.75 Å². The second kappa shape index (κ2) is 11.1. The Kier molecular flexibility index (Phi) is 7.51. The van der Waals surface area contributed by atoms with Crippen molar-refractivity contribution >= 4 is 16.8 Å². The molecule has 0 bridgehead atoms. The fraction of sp³-hybridized carbons (Fsp3) is 0.355. The van der Waals surface area contributed by atoms with Gasteiger partial charge in [0, 0.05) is 31.9 Å². The van der Waals surface area contributed by atoms with E-state index in [2.05, 4.69) is 52.3 Å². The zero-order valence-corrected chi connectivity index (χ0v) is 20.5. The average Bonchev–Trinajstić information content (AvgIpc) is 3.56. The molecule has 2 aliphatic rings. The third-order valence-electron chi connectivity index (χ3n) is 7.41. The minimum Gasteiger partial charge on any atom is -0.508 e. The van der Waals surface area contributed by atoms with E-state index >= 15 is 0 Å². The second-order valence-corrected chi connectivity index (χ2v) is 9.72. The van der Waals surface area contributed by atoms with Crippen LogP contribution in [0.4, 0.5) is 5.69 Å². The summed E-state index contributed by atoms with van der Waals surface area (Å²) in [6, 6.07) is 25.0. The number of nitrogens with zero attached hydrogens (tertiary/aromatic N) is 2. The van der Waals surface area contributed by atoms with Crippen molar-refractivity contribution in [1.29, 1.82) is 0 Å². The Balaban J connectivity index is 1.53. The number of benzene rings is 3. The number of aliphatic hydroxyl groups excluding tert-OH is 1. The Bertz CT molecular complexity index is 1150. The van der Waals surface area contributed by atoms with Gasteiger partial charge in [0.1, 0.15) is 5.75 Å². The average molecular weight is 469 g/mol.